The van der Waals surface area contributed by atoms with Crippen molar-refractivity contribution in [2.45, 2.75) is 24.7 Å². The minimum atomic E-state index is -3.86. The monoisotopic (exact) mass is 480 g/mol. The molecule has 0 spiro atoms. The van der Waals surface area contributed by atoms with Crippen LogP contribution in [0.25, 0.3) is 11.1 Å². The number of nitrogens with zero attached hydrogens (tertiary/aromatic N) is 4. The van der Waals surface area contributed by atoms with Crippen LogP contribution in [0.15, 0.2) is 32.3 Å². The van der Waals surface area contributed by atoms with Gasteiger partial charge in [0.05, 0.1) is 22.9 Å². The molecule has 180 valence electrons. The first kappa shape index (κ1) is 23.3. The van der Waals surface area contributed by atoms with Crippen LogP contribution < -0.4 is 5.76 Å². The van der Waals surface area contributed by atoms with Crippen molar-refractivity contribution < 1.29 is 27.2 Å². The van der Waals surface area contributed by atoms with Crippen LogP contribution in [-0.2, 0) is 26.6 Å². The summed E-state index contributed by atoms with van der Waals surface area (Å²) in [7, 11) is -2.31. The van der Waals surface area contributed by atoms with Crippen LogP contribution in [0.5, 0.6) is 0 Å². The van der Waals surface area contributed by atoms with Crippen LogP contribution in [0.3, 0.4) is 0 Å². The lowest BCUT2D eigenvalue weighted by molar-refractivity contribution is -0.138. The Morgan fingerprint density at radius 3 is 2.52 bits per heavy atom. The average molecular weight is 481 g/mol. The minimum Gasteiger partial charge on any atom is -0.450 e. The van der Waals surface area contributed by atoms with Crippen molar-refractivity contribution in [3.63, 3.8) is 0 Å². The minimum absolute atomic E-state index is 0.0282. The zero-order chi connectivity index (χ0) is 23.8. The maximum Gasteiger partial charge on any atom is 0.419 e. The van der Waals surface area contributed by atoms with Gasteiger partial charge in [-0.05, 0) is 31.9 Å². The second kappa shape index (κ2) is 9.18. The van der Waals surface area contributed by atoms with Crippen molar-refractivity contribution in [2.24, 2.45) is 13.0 Å². The van der Waals surface area contributed by atoms with Gasteiger partial charge in [-0.2, -0.15) is 4.31 Å². The van der Waals surface area contributed by atoms with Crippen molar-refractivity contribution >= 4 is 33.1 Å². The number of sulfonamides is 1. The van der Waals surface area contributed by atoms with Gasteiger partial charge < -0.3 is 19.0 Å². The number of aromatic nitrogens is 1. The van der Waals surface area contributed by atoms with Crippen molar-refractivity contribution in [3.05, 3.63) is 28.7 Å². The number of aryl methyl sites for hydroxylation is 1. The molecule has 1 aromatic heterocycles. The smallest absolute Gasteiger partial charge is 0.419 e. The Hall–Kier alpha value is -2.86. The molecule has 0 bridgehead atoms. The molecule has 2 aliphatic heterocycles. The molecule has 1 atom stereocenters. The van der Waals surface area contributed by atoms with Crippen LogP contribution in [0.2, 0.25) is 0 Å². The summed E-state index contributed by atoms with van der Waals surface area (Å²) in [6.07, 6.45) is 0.794. The Morgan fingerprint density at radius 1 is 1.12 bits per heavy atom. The summed E-state index contributed by atoms with van der Waals surface area (Å²) in [5.41, 5.74) is 0.709. The van der Waals surface area contributed by atoms with E-state index in [0.29, 0.717) is 57.7 Å². The second-order valence-corrected chi connectivity index (χ2v) is 10.2. The molecule has 2 aliphatic rings. The highest BCUT2D eigenvalue weighted by molar-refractivity contribution is 7.89. The van der Waals surface area contributed by atoms with E-state index < -0.39 is 21.7 Å². The topological polar surface area (TPSA) is 122 Å². The number of fused-ring (bicyclic) bond motifs is 1. The third-order valence-electron chi connectivity index (χ3n) is 6.25. The number of oxazole rings is 1. The number of piperazine rings is 1. The second-order valence-electron chi connectivity index (χ2n) is 8.27. The Morgan fingerprint density at radius 2 is 1.82 bits per heavy atom. The zero-order valence-electron chi connectivity index (χ0n) is 18.7. The number of ether oxygens (including phenoxy) is 1. The first-order valence-electron chi connectivity index (χ1n) is 11.0. The number of carbonyl (C=O) groups is 2. The molecule has 2 saturated heterocycles. The van der Waals surface area contributed by atoms with Crippen LogP contribution in [0.4, 0.5) is 4.79 Å². The number of hydrogen-bond donors (Lipinski definition) is 0. The van der Waals surface area contributed by atoms with Gasteiger partial charge in [-0.25, -0.2) is 18.0 Å². The van der Waals surface area contributed by atoms with Gasteiger partial charge >= 0.3 is 11.8 Å². The number of hydrogen-bond acceptors (Lipinski definition) is 7. The molecular formula is C21H28N4O7S. The number of amides is 2. The van der Waals surface area contributed by atoms with E-state index in [1.54, 1.807) is 29.8 Å². The molecule has 11 nitrogen and oxygen atoms in total. The standard InChI is InChI=1S/C21H28N4O7S/c1-3-31-21(28)24-11-9-23(10-12-24)19(26)15-5-4-8-25(14-15)33(29,30)16-6-7-17-18(13-16)32-20(27)22(17)2/h6-7,13,15H,3-5,8-12,14H2,1-2H3. The number of carbonyl (C=O) groups excluding carboxylic acids is 2. The van der Waals surface area contributed by atoms with Gasteiger partial charge in [-0.1, -0.05) is 0 Å². The zero-order valence-corrected chi connectivity index (χ0v) is 19.5. The van der Waals surface area contributed by atoms with Crippen molar-refractivity contribution in [1.82, 2.24) is 18.7 Å². The van der Waals surface area contributed by atoms with Crippen LogP contribution in [-0.4, -0.2) is 85.0 Å². The molecule has 0 radical (unpaired) electrons. The fraction of sp³-hybridized carbons (Fsp3) is 0.571. The van der Waals surface area contributed by atoms with E-state index in [1.165, 1.54) is 21.0 Å². The van der Waals surface area contributed by atoms with E-state index in [4.69, 9.17) is 9.15 Å². The highest BCUT2D eigenvalue weighted by Gasteiger charge is 2.36. The fourth-order valence-corrected chi connectivity index (χ4v) is 5.91. The van der Waals surface area contributed by atoms with Crippen molar-refractivity contribution in [1.29, 1.82) is 0 Å². The van der Waals surface area contributed by atoms with Crippen molar-refractivity contribution in [2.75, 3.05) is 45.9 Å². The van der Waals surface area contributed by atoms with Crippen LogP contribution >= 0.6 is 0 Å². The van der Waals surface area contributed by atoms with E-state index in [9.17, 15) is 22.8 Å². The predicted molar refractivity (Wildman–Crippen MR) is 118 cm³/mol. The quantitative estimate of drug-likeness (QED) is 0.635. The number of benzene rings is 1. The molecule has 1 unspecified atom stereocenters. The Kier molecular flexibility index (Phi) is 6.48. The third-order valence-corrected chi connectivity index (χ3v) is 8.11. The lowest BCUT2D eigenvalue weighted by Gasteiger charge is -2.38. The van der Waals surface area contributed by atoms with Gasteiger partial charge in [0.25, 0.3) is 0 Å². The van der Waals surface area contributed by atoms with Gasteiger partial charge in [-0.15, -0.1) is 0 Å². The van der Waals surface area contributed by atoms with Gasteiger partial charge in [0, 0.05) is 52.4 Å². The molecule has 2 fully saturated rings. The molecule has 1 aromatic carbocycles. The van der Waals surface area contributed by atoms with Gasteiger partial charge in [0.1, 0.15) is 0 Å². The lowest BCUT2D eigenvalue weighted by Crippen LogP contribution is -2.54. The Bertz CT molecular complexity index is 1210. The molecule has 33 heavy (non-hydrogen) atoms. The van der Waals surface area contributed by atoms with Gasteiger partial charge in [0.2, 0.25) is 15.9 Å². The summed E-state index contributed by atoms with van der Waals surface area (Å²) < 4.78 is 39.3. The summed E-state index contributed by atoms with van der Waals surface area (Å²) >= 11 is 0. The maximum atomic E-state index is 13.3. The predicted octanol–water partition coefficient (Wildman–Crippen LogP) is 0.833. The van der Waals surface area contributed by atoms with E-state index in [1.807, 2.05) is 0 Å². The molecule has 2 aromatic rings. The number of rotatable bonds is 4. The molecule has 3 heterocycles. The Balaban J connectivity index is 1.44. The highest BCUT2D eigenvalue weighted by Crippen LogP contribution is 2.27. The average Bonchev–Trinajstić information content (AvgIpc) is 3.11. The largest absolute Gasteiger partial charge is 0.450 e. The normalized spacial score (nSPS) is 20.2. The van der Waals surface area contributed by atoms with E-state index >= 15 is 0 Å². The fourth-order valence-electron chi connectivity index (χ4n) is 4.37. The highest BCUT2D eigenvalue weighted by atomic mass is 32.2. The van der Waals surface area contributed by atoms with Gasteiger partial charge in [-0.3, -0.25) is 9.36 Å². The summed E-state index contributed by atoms with van der Waals surface area (Å²) in [5, 5.41) is 0. The van der Waals surface area contributed by atoms with Crippen LogP contribution in [0.1, 0.15) is 19.8 Å². The summed E-state index contributed by atoms with van der Waals surface area (Å²) in [5.74, 6) is -1.10. The first-order chi connectivity index (χ1) is 15.7. The maximum absolute atomic E-state index is 13.3. The van der Waals surface area contributed by atoms with E-state index in [2.05, 4.69) is 0 Å². The molecule has 0 saturated carbocycles. The summed E-state index contributed by atoms with van der Waals surface area (Å²) in [6.45, 7) is 4.02. The molecule has 0 N–H and O–H groups in total. The molecule has 2 amide bonds. The van der Waals surface area contributed by atoms with E-state index in [-0.39, 0.29) is 29.0 Å². The SMILES string of the molecule is CCOC(=O)N1CCN(C(=O)C2CCCN(S(=O)(=O)c3ccc4c(c3)oc(=O)n4C)C2)CC1. The van der Waals surface area contributed by atoms with E-state index in [0.717, 1.165) is 0 Å². The lowest BCUT2D eigenvalue weighted by atomic mass is 9.98. The van der Waals surface area contributed by atoms with Gasteiger partial charge in [0.15, 0.2) is 5.58 Å². The summed E-state index contributed by atoms with van der Waals surface area (Å²) in [6, 6.07) is 4.35. The molecule has 4 rings (SSSR count). The van der Waals surface area contributed by atoms with Crippen LogP contribution in [0, 0.1) is 5.92 Å². The third kappa shape index (κ3) is 4.49. The molecule has 12 heteroatoms. The van der Waals surface area contributed by atoms with Crippen molar-refractivity contribution in [3.8, 4) is 0 Å². The molecular weight excluding hydrogens is 452 g/mol. The number of piperidine rings is 1. The summed E-state index contributed by atoms with van der Waals surface area (Å²) in [4.78, 5) is 40.0. The Labute approximate surface area is 191 Å². The molecule has 0 aliphatic carbocycles. The first-order valence-corrected chi connectivity index (χ1v) is 12.5.